The Morgan fingerprint density at radius 2 is 2.22 bits per heavy atom. The zero-order chi connectivity index (χ0) is 13.0. The lowest BCUT2D eigenvalue weighted by Crippen LogP contribution is -2.20. The number of esters is 1. The van der Waals surface area contributed by atoms with E-state index in [4.69, 9.17) is 4.74 Å². The number of hydrogen-bond donors (Lipinski definition) is 1. The molecule has 0 spiro atoms. The van der Waals surface area contributed by atoms with Gasteiger partial charge in [0.15, 0.2) is 0 Å². The third kappa shape index (κ3) is 3.10. The summed E-state index contributed by atoms with van der Waals surface area (Å²) in [6.45, 7) is 3.68. The first-order valence-electron chi connectivity index (χ1n) is 5.46. The first-order chi connectivity index (χ1) is 8.66. The van der Waals surface area contributed by atoms with E-state index in [0.717, 1.165) is 5.56 Å². The second-order valence-electron chi connectivity index (χ2n) is 3.75. The van der Waals surface area contributed by atoms with Crippen molar-refractivity contribution < 1.29 is 9.53 Å². The van der Waals surface area contributed by atoms with Gasteiger partial charge in [-0.3, -0.25) is 4.79 Å². The van der Waals surface area contributed by atoms with Gasteiger partial charge in [-0.25, -0.2) is 0 Å². The maximum Gasteiger partial charge on any atom is 0.324 e. The van der Waals surface area contributed by atoms with Crippen LogP contribution >= 0.6 is 11.8 Å². The molecule has 0 amide bonds. The molecule has 1 heterocycles. The second kappa shape index (κ2) is 5.68. The average molecular weight is 263 g/mol. The number of carbonyl (C=O) groups is 1. The number of ether oxygens (including phenoxy) is 1. The molecule has 2 rings (SSSR count). The van der Waals surface area contributed by atoms with Crippen LogP contribution in [0.5, 0.6) is 5.75 Å². The minimum atomic E-state index is -0.338. The molecule has 0 aliphatic heterocycles. The highest BCUT2D eigenvalue weighted by Gasteiger charge is 2.18. The summed E-state index contributed by atoms with van der Waals surface area (Å²) in [5.74, 6) is 0.299. The SMILES string of the molecule is Cc1ccccc1OC(=O)C(C)Sc1cn[nH]n1. The average Bonchev–Trinajstić information content (AvgIpc) is 2.84. The quantitative estimate of drug-likeness (QED) is 0.520. The predicted molar refractivity (Wildman–Crippen MR) is 68.5 cm³/mol. The largest absolute Gasteiger partial charge is 0.425 e. The molecule has 1 atom stereocenters. The van der Waals surface area contributed by atoms with E-state index in [9.17, 15) is 4.79 Å². The van der Waals surface area contributed by atoms with Crippen LogP contribution in [0.25, 0.3) is 0 Å². The van der Waals surface area contributed by atoms with Crippen molar-refractivity contribution in [1.29, 1.82) is 0 Å². The van der Waals surface area contributed by atoms with E-state index in [1.54, 1.807) is 19.2 Å². The van der Waals surface area contributed by atoms with Crippen LogP contribution < -0.4 is 4.74 Å². The van der Waals surface area contributed by atoms with E-state index in [1.807, 2.05) is 25.1 Å². The first kappa shape index (κ1) is 12.6. The maximum atomic E-state index is 11.9. The van der Waals surface area contributed by atoms with Gasteiger partial charge in [-0.15, -0.1) is 5.10 Å². The summed E-state index contributed by atoms with van der Waals surface area (Å²) in [5.41, 5.74) is 0.935. The molecule has 94 valence electrons. The molecular formula is C12H13N3O2S. The van der Waals surface area contributed by atoms with Gasteiger partial charge >= 0.3 is 5.97 Å². The standard InChI is InChI=1S/C12H13N3O2S/c1-8-5-3-4-6-10(8)17-12(16)9(2)18-11-7-13-15-14-11/h3-7,9H,1-2H3,(H,13,14,15). The number of aryl methyl sites for hydroxylation is 1. The number of aromatic nitrogens is 3. The molecule has 1 aromatic heterocycles. The van der Waals surface area contributed by atoms with Crippen molar-refractivity contribution in [2.24, 2.45) is 0 Å². The zero-order valence-electron chi connectivity index (χ0n) is 10.1. The lowest BCUT2D eigenvalue weighted by molar-refractivity contribution is -0.133. The van der Waals surface area contributed by atoms with Gasteiger partial charge in [-0.05, 0) is 25.5 Å². The second-order valence-corrected chi connectivity index (χ2v) is 5.12. The summed E-state index contributed by atoms with van der Waals surface area (Å²) in [6.07, 6.45) is 1.57. The molecule has 1 aromatic carbocycles. The van der Waals surface area contributed by atoms with Crippen molar-refractivity contribution >= 4 is 17.7 Å². The number of rotatable bonds is 4. The van der Waals surface area contributed by atoms with Crippen molar-refractivity contribution in [3.63, 3.8) is 0 Å². The summed E-state index contributed by atoms with van der Waals surface area (Å²) in [6, 6.07) is 7.42. The molecule has 0 saturated heterocycles. The topological polar surface area (TPSA) is 67.9 Å². The highest BCUT2D eigenvalue weighted by Crippen LogP contribution is 2.23. The number of benzene rings is 1. The van der Waals surface area contributed by atoms with Gasteiger partial charge in [-0.1, -0.05) is 30.0 Å². The molecule has 1 N–H and O–H groups in total. The summed E-state index contributed by atoms with van der Waals surface area (Å²) >= 11 is 1.30. The van der Waals surface area contributed by atoms with Gasteiger partial charge in [0.05, 0.1) is 6.20 Å². The number of H-pyrrole nitrogens is 1. The Hall–Kier alpha value is -1.82. The fraction of sp³-hybridized carbons (Fsp3) is 0.250. The first-order valence-corrected chi connectivity index (χ1v) is 6.34. The summed E-state index contributed by atoms with van der Waals surface area (Å²) < 4.78 is 5.34. The molecule has 0 fully saturated rings. The number of thioether (sulfide) groups is 1. The molecule has 0 aliphatic rings. The minimum Gasteiger partial charge on any atom is -0.425 e. The Labute approximate surface area is 109 Å². The van der Waals surface area contributed by atoms with E-state index in [1.165, 1.54) is 11.8 Å². The highest BCUT2D eigenvalue weighted by atomic mass is 32.2. The predicted octanol–water partition coefficient (Wildman–Crippen LogP) is 2.20. The van der Waals surface area contributed by atoms with Crippen molar-refractivity contribution in [3.8, 4) is 5.75 Å². The lowest BCUT2D eigenvalue weighted by Gasteiger charge is -2.10. The van der Waals surface area contributed by atoms with Gasteiger partial charge in [0.1, 0.15) is 16.0 Å². The third-order valence-electron chi connectivity index (χ3n) is 2.33. The Bertz CT molecular complexity index is 528. The molecule has 0 radical (unpaired) electrons. The van der Waals surface area contributed by atoms with Crippen LogP contribution in [0.3, 0.4) is 0 Å². The monoisotopic (exact) mass is 263 g/mol. The summed E-state index contributed by atoms with van der Waals surface area (Å²) in [4.78, 5) is 11.9. The van der Waals surface area contributed by atoms with Gasteiger partial charge in [0, 0.05) is 0 Å². The maximum absolute atomic E-state index is 11.9. The number of carbonyl (C=O) groups excluding carboxylic acids is 1. The van der Waals surface area contributed by atoms with Gasteiger partial charge in [0.25, 0.3) is 0 Å². The van der Waals surface area contributed by atoms with Crippen molar-refractivity contribution in [2.75, 3.05) is 0 Å². The number of hydrogen-bond acceptors (Lipinski definition) is 5. The Morgan fingerprint density at radius 3 is 2.89 bits per heavy atom. The zero-order valence-corrected chi connectivity index (χ0v) is 10.9. The Kier molecular flexibility index (Phi) is 3.99. The summed E-state index contributed by atoms with van der Waals surface area (Å²) in [7, 11) is 0. The van der Waals surface area contributed by atoms with Crippen LogP contribution in [-0.2, 0) is 4.79 Å². The van der Waals surface area contributed by atoms with Crippen LogP contribution in [0, 0.1) is 6.92 Å². The molecule has 1 unspecified atom stereocenters. The van der Waals surface area contributed by atoms with E-state index in [-0.39, 0.29) is 11.2 Å². The normalized spacial score (nSPS) is 12.1. The molecule has 0 aliphatic carbocycles. The Balaban J connectivity index is 1.98. The van der Waals surface area contributed by atoms with Crippen LogP contribution in [0.15, 0.2) is 35.5 Å². The number of aromatic amines is 1. The molecule has 0 bridgehead atoms. The lowest BCUT2D eigenvalue weighted by atomic mass is 10.2. The highest BCUT2D eigenvalue weighted by molar-refractivity contribution is 8.00. The molecule has 0 saturated carbocycles. The van der Waals surface area contributed by atoms with Gasteiger partial charge in [-0.2, -0.15) is 10.3 Å². The molecule has 5 nitrogen and oxygen atoms in total. The van der Waals surface area contributed by atoms with E-state index in [2.05, 4.69) is 15.4 Å². The Morgan fingerprint density at radius 1 is 1.44 bits per heavy atom. The van der Waals surface area contributed by atoms with E-state index in [0.29, 0.717) is 10.8 Å². The van der Waals surface area contributed by atoms with Crippen LogP contribution in [0.1, 0.15) is 12.5 Å². The van der Waals surface area contributed by atoms with Crippen molar-refractivity contribution in [1.82, 2.24) is 15.4 Å². The molecular weight excluding hydrogens is 250 g/mol. The van der Waals surface area contributed by atoms with Crippen molar-refractivity contribution in [3.05, 3.63) is 36.0 Å². The van der Waals surface area contributed by atoms with E-state index >= 15 is 0 Å². The number of para-hydroxylation sites is 1. The fourth-order valence-electron chi connectivity index (χ4n) is 1.34. The number of nitrogens with one attached hydrogen (secondary N) is 1. The van der Waals surface area contributed by atoms with E-state index < -0.39 is 0 Å². The smallest absolute Gasteiger partial charge is 0.324 e. The van der Waals surface area contributed by atoms with Crippen LogP contribution in [0.4, 0.5) is 0 Å². The fourth-order valence-corrected chi connectivity index (χ4v) is 2.05. The number of nitrogens with zero attached hydrogens (tertiary/aromatic N) is 2. The van der Waals surface area contributed by atoms with Gasteiger partial charge < -0.3 is 4.74 Å². The molecule has 6 heteroatoms. The summed E-state index contributed by atoms with van der Waals surface area (Å²) in [5, 5.41) is 10.4. The molecule has 18 heavy (non-hydrogen) atoms. The van der Waals surface area contributed by atoms with Crippen LogP contribution in [0.2, 0.25) is 0 Å². The third-order valence-corrected chi connectivity index (χ3v) is 3.31. The van der Waals surface area contributed by atoms with Crippen LogP contribution in [-0.4, -0.2) is 26.6 Å². The van der Waals surface area contributed by atoms with Gasteiger partial charge in [0.2, 0.25) is 0 Å². The minimum absolute atomic E-state index is 0.294. The van der Waals surface area contributed by atoms with Crippen molar-refractivity contribution in [2.45, 2.75) is 24.1 Å². The molecule has 2 aromatic rings.